The van der Waals surface area contributed by atoms with E-state index in [0.29, 0.717) is 11.3 Å². The van der Waals surface area contributed by atoms with E-state index in [1.54, 1.807) is 12.1 Å². The summed E-state index contributed by atoms with van der Waals surface area (Å²) in [6.45, 7) is 5.68. The second kappa shape index (κ2) is 7.72. The van der Waals surface area contributed by atoms with Crippen LogP contribution in [0.1, 0.15) is 39.9 Å². The number of carboxylic acid groups (broad SMARTS) is 1. The highest BCUT2D eigenvalue weighted by Gasteiger charge is 2.31. The molecule has 0 bridgehead atoms. The third kappa shape index (κ3) is 3.98. The molecule has 2 aromatic carbocycles. The standard InChI is InChI=1S/C21H22N2O5/c1-11-8-16-17(10-28-18(16)9-12(11)2)20(25)23-15-6-4-14(5-7-15)19(24)22-13(3)21(26)27/h4-9,13,17H,10H2,1-3H3,(H,22,24)(H,23,25)(H,26,27). The number of amides is 2. The minimum Gasteiger partial charge on any atom is -0.492 e. The second-order valence-electron chi connectivity index (χ2n) is 6.94. The van der Waals surface area contributed by atoms with Gasteiger partial charge in [0.1, 0.15) is 24.3 Å². The van der Waals surface area contributed by atoms with E-state index in [4.69, 9.17) is 9.84 Å². The molecule has 1 aliphatic heterocycles. The molecule has 1 aliphatic rings. The Balaban J connectivity index is 1.67. The number of anilines is 1. The Morgan fingerprint density at radius 2 is 1.75 bits per heavy atom. The molecule has 3 N–H and O–H groups in total. The van der Waals surface area contributed by atoms with Gasteiger partial charge in [-0.15, -0.1) is 0 Å². The molecule has 7 nitrogen and oxygen atoms in total. The fourth-order valence-corrected chi connectivity index (χ4v) is 2.97. The van der Waals surface area contributed by atoms with Gasteiger partial charge in [0.05, 0.1) is 0 Å². The van der Waals surface area contributed by atoms with E-state index in [1.165, 1.54) is 19.1 Å². The number of aryl methyl sites for hydroxylation is 2. The first-order valence-corrected chi connectivity index (χ1v) is 8.95. The number of benzene rings is 2. The Kier molecular flexibility index (Phi) is 5.35. The lowest BCUT2D eigenvalue weighted by atomic mass is 9.96. The number of hydrogen-bond donors (Lipinski definition) is 3. The Labute approximate surface area is 162 Å². The van der Waals surface area contributed by atoms with E-state index in [9.17, 15) is 14.4 Å². The highest BCUT2D eigenvalue weighted by atomic mass is 16.5. The lowest BCUT2D eigenvalue weighted by Crippen LogP contribution is -2.38. The van der Waals surface area contributed by atoms with Crippen LogP contribution < -0.4 is 15.4 Å². The van der Waals surface area contributed by atoms with Gasteiger partial charge in [-0.1, -0.05) is 6.07 Å². The van der Waals surface area contributed by atoms with Gasteiger partial charge in [-0.25, -0.2) is 0 Å². The van der Waals surface area contributed by atoms with Crippen molar-refractivity contribution in [3.63, 3.8) is 0 Å². The molecule has 7 heteroatoms. The smallest absolute Gasteiger partial charge is 0.325 e. The molecule has 1 heterocycles. The number of aliphatic carboxylic acids is 1. The van der Waals surface area contributed by atoms with Crippen LogP contribution in [0.5, 0.6) is 5.75 Å². The third-order valence-corrected chi connectivity index (χ3v) is 4.86. The summed E-state index contributed by atoms with van der Waals surface area (Å²) < 4.78 is 5.65. The molecule has 0 saturated heterocycles. The van der Waals surface area contributed by atoms with Crippen LogP contribution >= 0.6 is 0 Å². The van der Waals surface area contributed by atoms with Gasteiger partial charge in [0.15, 0.2) is 0 Å². The van der Waals surface area contributed by atoms with Crippen LogP contribution in [-0.4, -0.2) is 35.5 Å². The molecular weight excluding hydrogens is 360 g/mol. The molecule has 2 atom stereocenters. The number of carbonyl (C=O) groups excluding carboxylic acids is 2. The summed E-state index contributed by atoms with van der Waals surface area (Å²) >= 11 is 0. The maximum Gasteiger partial charge on any atom is 0.325 e. The molecule has 0 aromatic heterocycles. The van der Waals surface area contributed by atoms with Gasteiger partial charge < -0.3 is 20.5 Å². The molecular formula is C21H22N2O5. The van der Waals surface area contributed by atoms with Crippen molar-refractivity contribution in [1.29, 1.82) is 0 Å². The minimum absolute atomic E-state index is 0.182. The Hall–Kier alpha value is -3.35. The Morgan fingerprint density at radius 3 is 2.39 bits per heavy atom. The van der Waals surface area contributed by atoms with Crippen molar-refractivity contribution >= 4 is 23.5 Å². The molecule has 3 rings (SSSR count). The SMILES string of the molecule is Cc1cc2c(cc1C)C(C(=O)Nc1ccc(C(=O)NC(C)C(=O)O)cc1)CO2. The van der Waals surface area contributed by atoms with Crippen LogP contribution in [0, 0.1) is 13.8 Å². The number of carboxylic acids is 1. The van der Waals surface area contributed by atoms with Gasteiger partial charge in [0.25, 0.3) is 5.91 Å². The zero-order valence-corrected chi connectivity index (χ0v) is 15.9. The lowest BCUT2D eigenvalue weighted by molar-refractivity contribution is -0.138. The maximum absolute atomic E-state index is 12.7. The van der Waals surface area contributed by atoms with Crippen molar-refractivity contribution in [2.75, 3.05) is 11.9 Å². The summed E-state index contributed by atoms with van der Waals surface area (Å²) in [6.07, 6.45) is 0. The highest BCUT2D eigenvalue weighted by Crippen LogP contribution is 2.36. The molecule has 0 saturated carbocycles. The molecule has 2 aromatic rings. The predicted octanol–water partition coefficient (Wildman–Crippen LogP) is 2.62. The Morgan fingerprint density at radius 1 is 1.11 bits per heavy atom. The molecule has 0 spiro atoms. The molecule has 28 heavy (non-hydrogen) atoms. The predicted molar refractivity (Wildman–Crippen MR) is 104 cm³/mol. The molecule has 0 fully saturated rings. The quantitative estimate of drug-likeness (QED) is 0.737. The van der Waals surface area contributed by atoms with E-state index in [0.717, 1.165) is 22.4 Å². The van der Waals surface area contributed by atoms with Gasteiger partial charge in [0, 0.05) is 16.8 Å². The van der Waals surface area contributed by atoms with Crippen LogP contribution in [0.2, 0.25) is 0 Å². The summed E-state index contributed by atoms with van der Waals surface area (Å²) in [5, 5.41) is 14.1. The van der Waals surface area contributed by atoms with E-state index in [2.05, 4.69) is 10.6 Å². The summed E-state index contributed by atoms with van der Waals surface area (Å²) in [5.74, 6) is -1.44. The van der Waals surface area contributed by atoms with Crippen LogP contribution in [0.15, 0.2) is 36.4 Å². The van der Waals surface area contributed by atoms with Gasteiger partial charge in [-0.2, -0.15) is 0 Å². The Bertz CT molecular complexity index is 937. The molecule has 0 radical (unpaired) electrons. The number of carbonyl (C=O) groups is 3. The van der Waals surface area contributed by atoms with Gasteiger partial charge in [-0.05, 0) is 62.2 Å². The van der Waals surface area contributed by atoms with Gasteiger partial charge in [-0.3, -0.25) is 14.4 Å². The van der Waals surface area contributed by atoms with Gasteiger partial charge >= 0.3 is 5.97 Å². The maximum atomic E-state index is 12.7. The second-order valence-corrected chi connectivity index (χ2v) is 6.94. The molecule has 2 amide bonds. The monoisotopic (exact) mass is 382 g/mol. The average Bonchev–Trinajstić information content (AvgIpc) is 3.05. The number of hydrogen-bond acceptors (Lipinski definition) is 4. The fraction of sp³-hybridized carbons (Fsp3) is 0.286. The first-order chi connectivity index (χ1) is 13.3. The highest BCUT2D eigenvalue weighted by molar-refractivity contribution is 5.99. The molecule has 0 aliphatic carbocycles. The molecule has 2 unspecified atom stereocenters. The summed E-state index contributed by atoms with van der Waals surface area (Å²) in [4.78, 5) is 35.5. The normalized spacial score (nSPS) is 15.9. The number of nitrogens with one attached hydrogen (secondary N) is 2. The van der Waals surface area contributed by atoms with Crippen molar-refractivity contribution in [2.45, 2.75) is 32.7 Å². The topological polar surface area (TPSA) is 105 Å². The van der Waals surface area contributed by atoms with Crippen molar-refractivity contribution in [2.24, 2.45) is 0 Å². The van der Waals surface area contributed by atoms with E-state index in [-0.39, 0.29) is 12.5 Å². The van der Waals surface area contributed by atoms with Crippen LogP contribution in [-0.2, 0) is 9.59 Å². The molecule has 146 valence electrons. The summed E-state index contributed by atoms with van der Waals surface area (Å²) in [6, 6.07) is 9.23. The van der Waals surface area contributed by atoms with Crippen molar-refractivity contribution in [3.05, 3.63) is 58.7 Å². The number of ether oxygens (including phenoxy) is 1. The van der Waals surface area contributed by atoms with Crippen molar-refractivity contribution < 1.29 is 24.2 Å². The van der Waals surface area contributed by atoms with E-state index in [1.807, 2.05) is 26.0 Å². The van der Waals surface area contributed by atoms with Gasteiger partial charge in [0.2, 0.25) is 5.91 Å². The third-order valence-electron chi connectivity index (χ3n) is 4.86. The van der Waals surface area contributed by atoms with Crippen LogP contribution in [0.25, 0.3) is 0 Å². The largest absolute Gasteiger partial charge is 0.492 e. The first-order valence-electron chi connectivity index (χ1n) is 8.95. The van der Waals surface area contributed by atoms with Crippen LogP contribution in [0.3, 0.4) is 0 Å². The lowest BCUT2D eigenvalue weighted by Gasteiger charge is -2.12. The zero-order chi connectivity index (χ0) is 20.4. The van der Waals surface area contributed by atoms with Crippen molar-refractivity contribution in [1.82, 2.24) is 5.32 Å². The average molecular weight is 382 g/mol. The van der Waals surface area contributed by atoms with Crippen LogP contribution in [0.4, 0.5) is 5.69 Å². The zero-order valence-electron chi connectivity index (χ0n) is 15.9. The summed E-state index contributed by atoms with van der Waals surface area (Å²) in [7, 11) is 0. The number of rotatable bonds is 5. The number of fused-ring (bicyclic) bond motifs is 1. The van der Waals surface area contributed by atoms with E-state index < -0.39 is 23.8 Å². The van der Waals surface area contributed by atoms with Crippen molar-refractivity contribution in [3.8, 4) is 5.75 Å². The first kappa shape index (κ1) is 19.4. The fourth-order valence-electron chi connectivity index (χ4n) is 2.97. The van der Waals surface area contributed by atoms with E-state index >= 15 is 0 Å². The summed E-state index contributed by atoms with van der Waals surface area (Å²) in [5.41, 5.74) is 3.95. The minimum atomic E-state index is -1.11.